The predicted octanol–water partition coefficient (Wildman–Crippen LogP) is 3.66. The van der Waals surface area contributed by atoms with Crippen molar-refractivity contribution in [3.8, 4) is 0 Å². The van der Waals surface area contributed by atoms with Gasteiger partial charge in [0.15, 0.2) is 0 Å². The fraction of sp³-hybridized carbons (Fsp3) is 0.421. The fourth-order valence-corrected chi connectivity index (χ4v) is 6.09. The van der Waals surface area contributed by atoms with Crippen molar-refractivity contribution in [1.82, 2.24) is 4.90 Å². The third kappa shape index (κ3) is 3.38. The van der Waals surface area contributed by atoms with Crippen molar-refractivity contribution < 1.29 is 13.2 Å². The van der Waals surface area contributed by atoms with Gasteiger partial charge in [-0.05, 0) is 67.9 Å². The maximum atomic E-state index is 12.8. The maximum Gasteiger partial charge on any atom is 0.271 e. The van der Waals surface area contributed by atoms with Crippen LogP contribution in [0, 0.1) is 0 Å². The first-order valence-corrected chi connectivity index (χ1v) is 11.4. The van der Waals surface area contributed by atoms with Crippen LogP contribution in [0.5, 0.6) is 0 Å². The third-order valence-electron chi connectivity index (χ3n) is 5.09. The van der Waals surface area contributed by atoms with Crippen LogP contribution in [-0.4, -0.2) is 32.3 Å². The highest BCUT2D eigenvalue weighted by atomic mass is 32.2. The highest BCUT2D eigenvalue weighted by molar-refractivity contribution is 7.94. The average Bonchev–Trinajstić information content (AvgIpc) is 3.33. The molecule has 26 heavy (non-hydrogen) atoms. The number of hydrogen-bond donors (Lipinski definition) is 1. The molecule has 1 aromatic heterocycles. The second kappa shape index (κ2) is 7.04. The minimum atomic E-state index is -3.69. The molecule has 5 nitrogen and oxygen atoms in total. The van der Waals surface area contributed by atoms with Gasteiger partial charge >= 0.3 is 0 Å². The van der Waals surface area contributed by atoms with E-state index in [0.29, 0.717) is 10.6 Å². The normalized spacial score (nSPS) is 17.2. The molecule has 0 bridgehead atoms. The van der Waals surface area contributed by atoms with Gasteiger partial charge in [0.25, 0.3) is 15.9 Å². The molecule has 0 atom stereocenters. The number of nitrogens with one attached hydrogen (secondary N) is 1. The summed E-state index contributed by atoms with van der Waals surface area (Å²) in [5.41, 5.74) is 3.00. The Hall–Kier alpha value is -1.86. The number of fused-ring (bicyclic) bond motifs is 1. The van der Waals surface area contributed by atoms with E-state index in [9.17, 15) is 13.2 Å². The highest BCUT2D eigenvalue weighted by Crippen LogP contribution is 2.31. The molecule has 1 amide bonds. The van der Waals surface area contributed by atoms with Crippen LogP contribution in [0.2, 0.25) is 0 Å². The molecule has 4 rings (SSSR count). The number of thiophene rings is 1. The summed E-state index contributed by atoms with van der Waals surface area (Å²) in [6, 6.07) is 8.96. The van der Waals surface area contributed by atoms with Gasteiger partial charge in [0.1, 0.15) is 4.21 Å². The molecular weight excluding hydrogens is 368 g/mol. The summed E-state index contributed by atoms with van der Waals surface area (Å²) in [7, 11) is -3.69. The van der Waals surface area contributed by atoms with Crippen LogP contribution in [-0.2, 0) is 22.9 Å². The second-order valence-electron chi connectivity index (χ2n) is 6.87. The number of likely N-dealkylation sites (tertiary alicyclic amines) is 1. The number of benzene rings is 1. The van der Waals surface area contributed by atoms with Gasteiger partial charge in [0, 0.05) is 13.1 Å². The predicted molar refractivity (Wildman–Crippen MR) is 103 cm³/mol. The molecule has 1 aromatic carbocycles. The molecule has 0 radical (unpaired) electrons. The number of carbonyl (C=O) groups excluding carboxylic acids is 1. The minimum absolute atomic E-state index is 0.0639. The lowest BCUT2D eigenvalue weighted by Crippen LogP contribution is -2.26. The van der Waals surface area contributed by atoms with Gasteiger partial charge in [-0.15, -0.1) is 11.3 Å². The number of rotatable bonds is 4. The van der Waals surface area contributed by atoms with E-state index >= 15 is 0 Å². The first-order chi connectivity index (χ1) is 12.5. The number of carbonyl (C=O) groups is 1. The SMILES string of the molecule is O=C(c1ccc(S(=O)(=O)Nc2cccc3c2CCCC3)s1)N1CCCC1. The van der Waals surface area contributed by atoms with Gasteiger partial charge in [-0.2, -0.15) is 0 Å². The quantitative estimate of drug-likeness (QED) is 0.866. The second-order valence-corrected chi connectivity index (χ2v) is 9.87. The topological polar surface area (TPSA) is 66.5 Å². The summed E-state index contributed by atoms with van der Waals surface area (Å²) in [5.74, 6) is -0.0639. The first-order valence-electron chi connectivity index (χ1n) is 9.07. The monoisotopic (exact) mass is 390 g/mol. The number of hydrogen-bond acceptors (Lipinski definition) is 4. The zero-order chi connectivity index (χ0) is 18.1. The van der Waals surface area contributed by atoms with Crippen LogP contribution in [0.3, 0.4) is 0 Å². The Kier molecular flexibility index (Phi) is 4.75. The van der Waals surface area contributed by atoms with Crippen molar-refractivity contribution in [1.29, 1.82) is 0 Å². The Balaban J connectivity index is 1.57. The Labute approximate surface area is 158 Å². The fourth-order valence-electron chi connectivity index (χ4n) is 3.73. The minimum Gasteiger partial charge on any atom is -0.338 e. The summed E-state index contributed by atoms with van der Waals surface area (Å²) in [5, 5.41) is 0. The lowest BCUT2D eigenvalue weighted by atomic mass is 9.91. The van der Waals surface area contributed by atoms with Crippen LogP contribution < -0.4 is 4.72 Å². The van der Waals surface area contributed by atoms with Crippen molar-refractivity contribution in [2.75, 3.05) is 17.8 Å². The van der Waals surface area contributed by atoms with Gasteiger partial charge in [-0.25, -0.2) is 8.42 Å². The number of aryl methyl sites for hydroxylation is 1. The number of amides is 1. The van der Waals surface area contributed by atoms with Crippen LogP contribution in [0.4, 0.5) is 5.69 Å². The Morgan fingerprint density at radius 3 is 2.58 bits per heavy atom. The zero-order valence-electron chi connectivity index (χ0n) is 14.5. The van der Waals surface area contributed by atoms with E-state index in [1.807, 2.05) is 12.1 Å². The molecule has 138 valence electrons. The summed E-state index contributed by atoms with van der Waals surface area (Å²) in [4.78, 5) is 14.7. The summed E-state index contributed by atoms with van der Waals surface area (Å²) in [6.07, 6.45) is 6.16. The molecule has 1 aliphatic heterocycles. The zero-order valence-corrected chi connectivity index (χ0v) is 16.2. The van der Waals surface area contributed by atoms with Crippen LogP contribution in [0.1, 0.15) is 46.5 Å². The Morgan fingerprint density at radius 1 is 1.00 bits per heavy atom. The number of nitrogens with zero attached hydrogens (tertiary/aromatic N) is 1. The van der Waals surface area contributed by atoms with Crippen LogP contribution in [0.25, 0.3) is 0 Å². The molecule has 1 N–H and O–H groups in total. The van der Waals surface area contributed by atoms with E-state index in [4.69, 9.17) is 0 Å². The molecule has 2 aliphatic rings. The standard InChI is InChI=1S/C19H22N2O3S2/c22-19(21-12-3-4-13-21)17-10-11-18(25-17)26(23,24)20-16-9-5-7-14-6-1-2-8-15(14)16/h5,7,9-11,20H,1-4,6,8,12-13H2. The average molecular weight is 391 g/mol. The molecular formula is C19H22N2O3S2. The molecule has 1 aliphatic carbocycles. The van der Waals surface area contributed by atoms with Gasteiger partial charge < -0.3 is 4.90 Å². The van der Waals surface area contributed by atoms with E-state index in [0.717, 1.165) is 68.5 Å². The first kappa shape index (κ1) is 17.5. The van der Waals surface area contributed by atoms with Gasteiger partial charge in [-0.1, -0.05) is 12.1 Å². The van der Waals surface area contributed by atoms with Crippen LogP contribution >= 0.6 is 11.3 Å². The molecule has 0 unspecified atom stereocenters. The summed E-state index contributed by atoms with van der Waals surface area (Å²) >= 11 is 1.05. The molecule has 7 heteroatoms. The largest absolute Gasteiger partial charge is 0.338 e. The van der Waals surface area contributed by atoms with E-state index in [2.05, 4.69) is 10.8 Å². The molecule has 1 saturated heterocycles. The summed E-state index contributed by atoms with van der Waals surface area (Å²) < 4.78 is 28.6. The lowest BCUT2D eigenvalue weighted by Gasteiger charge is -2.19. The van der Waals surface area contributed by atoms with Crippen LogP contribution in [0.15, 0.2) is 34.5 Å². The van der Waals surface area contributed by atoms with Crippen molar-refractivity contribution in [2.45, 2.75) is 42.7 Å². The van der Waals surface area contributed by atoms with E-state index in [-0.39, 0.29) is 10.1 Å². The van der Waals surface area contributed by atoms with E-state index in [1.165, 1.54) is 11.6 Å². The molecule has 2 aromatic rings. The Morgan fingerprint density at radius 2 is 1.77 bits per heavy atom. The molecule has 0 spiro atoms. The molecule has 0 saturated carbocycles. The van der Waals surface area contributed by atoms with Gasteiger partial charge in [0.2, 0.25) is 0 Å². The highest BCUT2D eigenvalue weighted by Gasteiger charge is 2.25. The smallest absolute Gasteiger partial charge is 0.271 e. The van der Waals surface area contributed by atoms with Gasteiger partial charge in [0.05, 0.1) is 10.6 Å². The summed E-state index contributed by atoms with van der Waals surface area (Å²) in [6.45, 7) is 1.51. The van der Waals surface area contributed by atoms with Gasteiger partial charge in [-0.3, -0.25) is 9.52 Å². The Bertz CT molecular complexity index is 928. The molecule has 2 heterocycles. The number of sulfonamides is 1. The number of anilines is 1. The van der Waals surface area contributed by atoms with E-state index in [1.54, 1.807) is 11.0 Å². The maximum absolute atomic E-state index is 12.8. The van der Waals surface area contributed by atoms with Crippen molar-refractivity contribution in [3.05, 3.63) is 46.3 Å². The third-order valence-corrected chi connectivity index (χ3v) is 8.02. The van der Waals surface area contributed by atoms with Crippen molar-refractivity contribution in [3.63, 3.8) is 0 Å². The lowest BCUT2D eigenvalue weighted by molar-refractivity contribution is 0.0797. The van der Waals surface area contributed by atoms with Crippen molar-refractivity contribution in [2.24, 2.45) is 0 Å². The van der Waals surface area contributed by atoms with Crippen molar-refractivity contribution >= 4 is 33.0 Å². The van der Waals surface area contributed by atoms with E-state index < -0.39 is 10.0 Å². The molecule has 1 fully saturated rings.